The molecule has 2 atom stereocenters. The van der Waals surface area contributed by atoms with Crippen LogP contribution >= 0.6 is 0 Å². The van der Waals surface area contributed by atoms with Gasteiger partial charge in [-0.1, -0.05) is 0 Å². The number of amides is 1. The summed E-state index contributed by atoms with van der Waals surface area (Å²) in [6.45, 7) is 2.05. The number of nitrogens with one attached hydrogen (secondary N) is 1. The van der Waals surface area contributed by atoms with Crippen molar-refractivity contribution in [3.63, 3.8) is 0 Å². The van der Waals surface area contributed by atoms with Gasteiger partial charge >= 0.3 is 0 Å². The van der Waals surface area contributed by atoms with Crippen LogP contribution in [0.15, 0.2) is 12.4 Å². The number of carbonyl (C=O) groups excluding carboxylic acids is 1. The largest absolute Gasteiger partial charge is 0.354 e. The lowest BCUT2D eigenvalue weighted by molar-refractivity contribution is -0.122. The van der Waals surface area contributed by atoms with Crippen LogP contribution in [0.3, 0.4) is 0 Å². The second kappa shape index (κ2) is 4.53. The Bertz CT molecular complexity index is 446. The van der Waals surface area contributed by atoms with Gasteiger partial charge in [0.15, 0.2) is 0 Å². The van der Waals surface area contributed by atoms with Gasteiger partial charge in [-0.15, -0.1) is 0 Å². The van der Waals surface area contributed by atoms with Crippen LogP contribution in [0.4, 0.5) is 5.82 Å². The Morgan fingerprint density at radius 1 is 1.44 bits per heavy atom. The molecule has 2 fully saturated rings. The molecular weight excluding hydrogens is 230 g/mol. The summed E-state index contributed by atoms with van der Waals surface area (Å²) in [4.78, 5) is 22.6. The third-order valence-electron chi connectivity index (χ3n) is 3.80. The molecule has 18 heavy (non-hydrogen) atoms. The van der Waals surface area contributed by atoms with Crippen LogP contribution in [0.5, 0.6) is 0 Å². The smallest absolute Gasteiger partial charge is 0.225 e. The lowest BCUT2D eigenvalue weighted by atomic mass is 9.91. The summed E-state index contributed by atoms with van der Waals surface area (Å²) in [5.74, 6) is 1.13. The van der Waals surface area contributed by atoms with E-state index in [0.717, 1.165) is 30.9 Å². The number of piperidine rings is 1. The molecular formula is C12H17N5O. The minimum absolute atomic E-state index is 0.106. The number of anilines is 1. The minimum atomic E-state index is 0.106. The molecule has 6 nitrogen and oxygen atoms in total. The molecule has 2 aliphatic rings. The fourth-order valence-electron chi connectivity index (χ4n) is 2.84. The van der Waals surface area contributed by atoms with E-state index in [-0.39, 0.29) is 17.9 Å². The Balaban J connectivity index is 1.84. The molecule has 0 bridgehead atoms. The molecule has 0 spiro atoms. The van der Waals surface area contributed by atoms with Gasteiger partial charge in [-0.05, 0) is 12.8 Å². The van der Waals surface area contributed by atoms with Crippen LogP contribution in [0.2, 0.25) is 0 Å². The van der Waals surface area contributed by atoms with Crippen LogP contribution in [0.25, 0.3) is 0 Å². The van der Waals surface area contributed by atoms with Gasteiger partial charge in [-0.25, -0.2) is 4.98 Å². The summed E-state index contributed by atoms with van der Waals surface area (Å²) in [6.07, 6.45) is 5.47. The highest BCUT2D eigenvalue weighted by atomic mass is 16.2. The summed E-state index contributed by atoms with van der Waals surface area (Å²) in [5, 5.41) is 2.94. The van der Waals surface area contributed by atoms with E-state index in [0.29, 0.717) is 13.1 Å². The quantitative estimate of drug-likeness (QED) is 0.746. The highest BCUT2D eigenvalue weighted by Crippen LogP contribution is 2.30. The zero-order chi connectivity index (χ0) is 12.5. The number of nitrogens with zero attached hydrogens (tertiary/aromatic N) is 3. The topological polar surface area (TPSA) is 84.1 Å². The van der Waals surface area contributed by atoms with Crippen molar-refractivity contribution in [3.8, 4) is 0 Å². The fraction of sp³-hybridized carbons (Fsp3) is 0.583. The van der Waals surface area contributed by atoms with Gasteiger partial charge in [0.25, 0.3) is 0 Å². The molecule has 2 aliphatic heterocycles. The average Bonchev–Trinajstić information content (AvgIpc) is 2.81. The van der Waals surface area contributed by atoms with Gasteiger partial charge in [0.05, 0.1) is 30.0 Å². The minimum Gasteiger partial charge on any atom is -0.354 e. The third-order valence-corrected chi connectivity index (χ3v) is 3.80. The van der Waals surface area contributed by atoms with Crippen LogP contribution in [-0.2, 0) is 11.3 Å². The Labute approximate surface area is 106 Å². The summed E-state index contributed by atoms with van der Waals surface area (Å²) >= 11 is 0. The van der Waals surface area contributed by atoms with Gasteiger partial charge in [0, 0.05) is 19.6 Å². The van der Waals surface area contributed by atoms with Crippen LogP contribution < -0.4 is 16.0 Å². The Kier molecular flexibility index (Phi) is 2.87. The molecule has 1 aromatic heterocycles. The first kappa shape index (κ1) is 11.4. The second-order valence-corrected chi connectivity index (χ2v) is 4.82. The molecule has 6 heteroatoms. The Morgan fingerprint density at radius 2 is 2.33 bits per heavy atom. The van der Waals surface area contributed by atoms with Crippen LogP contribution in [-0.4, -0.2) is 35.0 Å². The molecule has 1 aromatic rings. The predicted octanol–water partition coefficient (Wildman–Crippen LogP) is -0.350. The lowest BCUT2D eigenvalue weighted by Gasteiger charge is -2.36. The molecule has 0 aromatic carbocycles. The highest BCUT2D eigenvalue weighted by molar-refractivity contribution is 5.83. The number of hydrogen-bond acceptors (Lipinski definition) is 5. The molecule has 0 radical (unpaired) electrons. The van der Waals surface area contributed by atoms with Crippen LogP contribution in [0.1, 0.15) is 18.5 Å². The summed E-state index contributed by atoms with van der Waals surface area (Å²) < 4.78 is 0. The monoisotopic (exact) mass is 247 g/mol. The molecule has 3 rings (SSSR count). The van der Waals surface area contributed by atoms with E-state index in [1.807, 2.05) is 0 Å². The normalized spacial score (nSPS) is 26.9. The van der Waals surface area contributed by atoms with E-state index in [2.05, 4.69) is 20.2 Å². The predicted molar refractivity (Wildman–Crippen MR) is 66.8 cm³/mol. The molecule has 2 unspecified atom stereocenters. The van der Waals surface area contributed by atoms with Crippen LogP contribution in [0, 0.1) is 5.92 Å². The van der Waals surface area contributed by atoms with E-state index in [9.17, 15) is 4.79 Å². The lowest BCUT2D eigenvalue weighted by Crippen LogP contribution is -2.46. The van der Waals surface area contributed by atoms with Crippen molar-refractivity contribution in [2.45, 2.75) is 25.4 Å². The van der Waals surface area contributed by atoms with Gasteiger partial charge in [-0.3, -0.25) is 9.78 Å². The first-order valence-corrected chi connectivity index (χ1v) is 6.35. The Hall–Kier alpha value is -1.69. The molecule has 3 heterocycles. The molecule has 3 N–H and O–H groups in total. The average molecular weight is 247 g/mol. The van der Waals surface area contributed by atoms with E-state index < -0.39 is 0 Å². The van der Waals surface area contributed by atoms with Crippen molar-refractivity contribution in [2.75, 3.05) is 18.0 Å². The van der Waals surface area contributed by atoms with Gasteiger partial charge < -0.3 is 16.0 Å². The van der Waals surface area contributed by atoms with Gasteiger partial charge in [0.1, 0.15) is 5.82 Å². The van der Waals surface area contributed by atoms with Crippen molar-refractivity contribution < 1.29 is 4.79 Å². The van der Waals surface area contributed by atoms with Crippen molar-refractivity contribution in [2.24, 2.45) is 11.7 Å². The third kappa shape index (κ3) is 1.82. The Morgan fingerprint density at radius 3 is 3.06 bits per heavy atom. The second-order valence-electron chi connectivity index (χ2n) is 4.82. The van der Waals surface area contributed by atoms with E-state index in [4.69, 9.17) is 5.73 Å². The standard InChI is InChI=1S/C12H17N5O/c13-4-8-5-15-11(7-14-8)17-3-1-2-9-10(17)6-16-12(9)18/h5,7,9-10H,1-4,6,13H2,(H,16,18). The summed E-state index contributed by atoms with van der Waals surface area (Å²) in [7, 11) is 0. The molecule has 0 saturated carbocycles. The van der Waals surface area contributed by atoms with E-state index >= 15 is 0 Å². The van der Waals surface area contributed by atoms with Gasteiger partial charge in [-0.2, -0.15) is 0 Å². The highest BCUT2D eigenvalue weighted by Gasteiger charge is 2.41. The number of fused-ring (bicyclic) bond motifs is 1. The number of aromatic nitrogens is 2. The van der Waals surface area contributed by atoms with E-state index in [1.54, 1.807) is 12.4 Å². The summed E-state index contributed by atoms with van der Waals surface area (Å²) in [5.41, 5.74) is 6.30. The summed E-state index contributed by atoms with van der Waals surface area (Å²) in [6, 6.07) is 0.226. The van der Waals surface area contributed by atoms with Crippen molar-refractivity contribution >= 4 is 11.7 Å². The van der Waals surface area contributed by atoms with Crippen molar-refractivity contribution in [1.29, 1.82) is 0 Å². The first-order chi connectivity index (χ1) is 8.79. The van der Waals surface area contributed by atoms with E-state index in [1.165, 1.54) is 0 Å². The number of carbonyl (C=O) groups is 1. The van der Waals surface area contributed by atoms with Crippen molar-refractivity contribution in [3.05, 3.63) is 18.1 Å². The molecule has 1 amide bonds. The number of rotatable bonds is 2. The van der Waals surface area contributed by atoms with Crippen molar-refractivity contribution in [1.82, 2.24) is 15.3 Å². The maximum absolute atomic E-state index is 11.7. The van der Waals surface area contributed by atoms with Gasteiger partial charge in [0.2, 0.25) is 5.91 Å². The molecule has 0 aliphatic carbocycles. The first-order valence-electron chi connectivity index (χ1n) is 6.35. The molecule has 96 valence electrons. The molecule has 2 saturated heterocycles. The maximum atomic E-state index is 11.7. The fourth-order valence-corrected chi connectivity index (χ4v) is 2.84. The number of nitrogens with two attached hydrogens (primary N) is 1. The SMILES string of the molecule is NCc1cnc(N2CCCC3C(=O)NCC32)cn1. The number of hydrogen-bond donors (Lipinski definition) is 2. The zero-order valence-electron chi connectivity index (χ0n) is 10.2. The zero-order valence-corrected chi connectivity index (χ0v) is 10.2. The maximum Gasteiger partial charge on any atom is 0.225 e.